The monoisotopic (exact) mass is 363 g/mol. The highest BCUT2D eigenvalue weighted by atomic mass is 15.2. The number of aryl methyl sites for hydroxylation is 1. The molecular weight excluding hydrogens is 334 g/mol. The van der Waals surface area contributed by atoms with Gasteiger partial charge in [-0.05, 0) is 42.5 Å². The molecule has 0 aromatic carbocycles. The largest absolute Gasteiger partial charge is 0.327 e. The van der Waals surface area contributed by atoms with Gasteiger partial charge in [-0.3, -0.25) is 14.9 Å². The number of pyridine rings is 2. The first-order chi connectivity index (χ1) is 13.3. The van der Waals surface area contributed by atoms with E-state index in [9.17, 15) is 0 Å². The number of nitrogens with two attached hydrogens (primary N) is 1. The van der Waals surface area contributed by atoms with E-state index >= 15 is 0 Å². The Labute approximate surface area is 161 Å². The highest BCUT2D eigenvalue weighted by molar-refractivity contribution is 5.26. The van der Waals surface area contributed by atoms with E-state index in [1.807, 2.05) is 18.5 Å². The van der Waals surface area contributed by atoms with E-state index in [-0.39, 0.29) is 0 Å². The zero-order chi connectivity index (χ0) is 18.5. The molecule has 0 unspecified atom stereocenters. The molecule has 27 heavy (non-hydrogen) atoms. The third-order valence-corrected chi connectivity index (χ3v) is 5.71. The van der Waals surface area contributed by atoms with Gasteiger partial charge in [-0.1, -0.05) is 24.3 Å². The molecule has 0 saturated carbocycles. The van der Waals surface area contributed by atoms with Crippen molar-refractivity contribution in [1.82, 2.24) is 20.2 Å². The SMILES string of the molecule is NC/C=C/CN(C[C@H]1Cc2ncccc2CN1)[C@H]1CCCc2cccnc21. The van der Waals surface area contributed by atoms with Crippen molar-refractivity contribution in [2.24, 2.45) is 5.73 Å². The highest BCUT2D eigenvalue weighted by Crippen LogP contribution is 2.33. The van der Waals surface area contributed by atoms with E-state index in [1.54, 1.807) is 0 Å². The summed E-state index contributed by atoms with van der Waals surface area (Å²) in [5.41, 5.74) is 10.9. The van der Waals surface area contributed by atoms with Crippen LogP contribution in [0, 0.1) is 0 Å². The minimum absolute atomic E-state index is 0.379. The maximum atomic E-state index is 5.67. The Morgan fingerprint density at radius 3 is 2.89 bits per heavy atom. The van der Waals surface area contributed by atoms with Crippen LogP contribution in [0.3, 0.4) is 0 Å². The number of nitrogens with one attached hydrogen (secondary N) is 1. The minimum Gasteiger partial charge on any atom is -0.327 e. The third kappa shape index (κ3) is 4.26. The molecule has 2 aromatic heterocycles. The van der Waals surface area contributed by atoms with Gasteiger partial charge in [-0.25, -0.2) is 0 Å². The summed E-state index contributed by atoms with van der Waals surface area (Å²) in [5.74, 6) is 0. The molecule has 0 bridgehead atoms. The van der Waals surface area contributed by atoms with Crippen LogP contribution in [0.4, 0.5) is 0 Å². The number of nitrogens with zero attached hydrogens (tertiary/aromatic N) is 3. The molecule has 3 heterocycles. The summed E-state index contributed by atoms with van der Waals surface area (Å²) < 4.78 is 0. The molecule has 5 heteroatoms. The molecular formula is C22H29N5. The van der Waals surface area contributed by atoms with E-state index < -0.39 is 0 Å². The summed E-state index contributed by atoms with van der Waals surface area (Å²) in [4.78, 5) is 11.9. The first-order valence-corrected chi connectivity index (χ1v) is 10.0. The lowest BCUT2D eigenvalue weighted by molar-refractivity contribution is 0.170. The molecule has 5 nitrogen and oxygen atoms in total. The van der Waals surface area contributed by atoms with Crippen molar-refractivity contribution < 1.29 is 0 Å². The minimum atomic E-state index is 0.379. The topological polar surface area (TPSA) is 67.1 Å². The first-order valence-electron chi connectivity index (χ1n) is 10.0. The molecule has 142 valence electrons. The van der Waals surface area contributed by atoms with E-state index in [1.165, 1.54) is 35.4 Å². The maximum Gasteiger partial charge on any atom is 0.0607 e. The van der Waals surface area contributed by atoms with Gasteiger partial charge in [0.1, 0.15) is 0 Å². The molecule has 0 spiro atoms. The second kappa shape index (κ2) is 8.74. The van der Waals surface area contributed by atoms with Gasteiger partial charge in [0, 0.05) is 56.7 Å². The second-order valence-corrected chi connectivity index (χ2v) is 7.51. The molecule has 2 aliphatic rings. The average Bonchev–Trinajstić information content (AvgIpc) is 2.73. The van der Waals surface area contributed by atoms with Crippen molar-refractivity contribution in [3.8, 4) is 0 Å². The fraction of sp³-hybridized carbons (Fsp3) is 0.455. The number of aromatic nitrogens is 2. The van der Waals surface area contributed by atoms with Gasteiger partial charge in [-0.15, -0.1) is 0 Å². The zero-order valence-corrected chi connectivity index (χ0v) is 15.8. The number of hydrogen-bond donors (Lipinski definition) is 2. The quantitative estimate of drug-likeness (QED) is 0.772. The summed E-state index contributed by atoms with van der Waals surface area (Å²) in [6.07, 6.45) is 12.6. The lowest BCUT2D eigenvalue weighted by Gasteiger charge is -2.37. The van der Waals surface area contributed by atoms with Crippen molar-refractivity contribution in [2.75, 3.05) is 19.6 Å². The molecule has 1 aliphatic carbocycles. The first kappa shape index (κ1) is 18.3. The number of rotatable bonds is 6. The van der Waals surface area contributed by atoms with Crippen LogP contribution in [0.25, 0.3) is 0 Å². The van der Waals surface area contributed by atoms with Crippen molar-refractivity contribution in [3.05, 3.63) is 71.3 Å². The molecule has 0 fully saturated rings. The fourth-order valence-corrected chi connectivity index (χ4v) is 4.36. The van der Waals surface area contributed by atoms with Gasteiger partial charge in [0.05, 0.1) is 11.7 Å². The lowest BCUT2D eigenvalue weighted by atomic mass is 9.90. The summed E-state index contributed by atoms with van der Waals surface area (Å²) in [6, 6.07) is 9.29. The van der Waals surface area contributed by atoms with E-state index in [0.717, 1.165) is 32.5 Å². The van der Waals surface area contributed by atoms with E-state index in [0.29, 0.717) is 18.6 Å². The molecule has 0 radical (unpaired) electrons. The van der Waals surface area contributed by atoms with Gasteiger partial charge in [0.25, 0.3) is 0 Å². The fourth-order valence-electron chi connectivity index (χ4n) is 4.36. The standard InChI is InChI=1S/C22H29N5/c23-10-1-2-13-27(21-9-3-6-17-7-4-12-25-22(17)21)16-19-14-20-18(15-26-19)8-5-11-24-20/h1-2,4-5,7-8,11-12,19,21,26H,3,6,9-10,13-16,23H2/b2-1+/t19-,21+/m1/s1. The lowest BCUT2D eigenvalue weighted by Crippen LogP contribution is -2.46. The van der Waals surface area contributed by atoms with Crippen LogP contribution in [-0.2, 0) is 19.4 Å². The van der Waals surface area contributed by atoms with Crippen LogP contribution in [-0.4, -0.2) is 40.5 Å². The van der Waals surface area contributed by atoms with Crippen molar-refractivity contribution in [1.29, 1.82) is 0 Å². The van der Waals surface area contributed by atoms with Crippen LogP contribution in [0.1, 0.15) is 41.4 Å². The van der Waals surface area contributed by atoms with Gasteiger partial charge in [0.15, 0.2) is 0 Å². The summed E-state index contributed by atoms with van der Waals surface area (Å²) in [5, 5.41) is 3.71. The smallest absolute Gasteiger partial charge is 0.0607 e. The number of hydrogen-bond acceptors (Lipinski definition) is 5. The second-order valence-electron chi connectivity index (χ2n) is 7.51. The van der Waals surface area contributed by atoms with Gasteiger partial charge in [-0.2, -0.15) is 0 Å². The van der Waals surface area contributed by atoms with Crippen LogP contribution in [0.2, 0.25) is 0 Å². The predicted octanol–water partition coefficient (Wildman–Crippen LogP) is 2.39. The highest BCUT2D eigenvalue weighted by Gasteiger charge is 2.29. The Hall–Kier alpha value is -2.08. The van der Waals surface area contributed by atoms with Crippen molar-refractivity contribution >= 4 is 0 Å². The molecule has 2 atom stereocenters. The van der Waals surface area contributed by atoms with E-state index in [2.05, 4.69) is 45.6 Å². The molecule has 3 N–H and O–H groups in total. The van der Waals surface area contributed by atoms with Crippen LogP contribution >= 0.6 is 0 Å². The Balaban J connectivity index is 1.53. The van der Waals surface area contributed by atoms with Crippen molar-refractivity contribution in [2.45, 2.75) is 44.3 Å². The van der Waals surface area contributed by atoms with Crippen molar-refractivity contribution in [3.63, 3.8) is 0 Å². The predicted molar refractivity (Wildman–Crippen MR) is 108 cm³/mol. The summed E-state index contributed by atoms with van der Waals surface area (Å²) in [6.45, 7) is 3.39. The van der Waals surface area contributed by atoms with Gasteiger partial charge >= 0.3 is 0 Å². The van der Waals surface area contributed by atoms with E-state index in [4.69, 9.17) is 10.7 Å². The van der Waals surface area contributed by atoms with Gasteiger partial charge < -0.3 is 11.1 Å². The molecule has 0 saturated heterocycles. The Morgan fingerprint density at radius 2 is 2.00 bits per heavy atom. The maximum absolute atomic E-state index is 5.67. The van der Waals surface area contributed by atoms with Gasteiger partial charge in [0.2, 0.25) is 0 Å². The Kier molecular flexibility index (Phi) is 5.92. The molecule has 0 amide bonds. The third-order valence-electron chi connectivity index (χ3n) is 5.71. The Morgan fingerprint density at radius 1 is 1.15 bits per heavy atom. The average molecular weight is 364 g/mol. The molecule has 4 rings (SSSR count). The summed E-state index contributed by atoms with van der Waals surface area (Å²) in [7, 11) is 0. The van der Waals surface area contributed by atoms with Crippen LogP contribution in [0.15, 0.2) is 48.8 Å². The normalized spacial score (nSPS) is 22.0. The van der Waals surface area contributed by atoms with Crippen LogP contribution in [0.5, 0.6) is 0 Å². The zero-order valence-electron chi connectivity index (χ0n) is 15.8. The Bertz CT molecular complexity index is 788. The molecule has 2 aromatic rings. The van der Waals surface area contributed by atoms with Crippen LogP contribution < -0.4 is 11.1 Å². The molecule has 1 aliphatic heterocycles. The number of fused-ring (bicyclic) bond motifs is 2. The summed E-state index contributed by atoms with van der Waals surface area (Å²) >= 11 is 0.